The molecule has 0 bridgehead atoms. The first kappa shape index (κ1) is 9.25. The molecule has 0 fully saturated rings. The van der Waals surface area contributed by atoms with Crippen LogP contribution >= 0.6 is 0 Å². The molecule has 2 heteroatoms. The predicted molar refractivity (Wildman–Crippen MR) is 57.4 cm³/mol. The van der Waals surface area contributed by atoms with Gasteiger partial charge < -0.3 is 4.90 Å². The summed E-state index contributed by atoms with van der Waals surface area (Å²) in [7, 11) is 1.85. The summed E-state index contributed by atoms with van der Waals surface area (Å²) >= 11 is 0. The summed E-state index contributed by atoms with van der Waals surface area (Å²) < 4.78 is 0. The largest absolute Gasteiger partial charge is 0.315 e. The predicted octanol–water partition coefficient (Wildman–Crippen LogP) is 2.40. The average molecular weight is 189 g/mol. The van der Waals surface area contributed by atoms with E-state index in [1.54, 1.807) is 4.90 Å². The smallest absolute Gasteiger partial charge is 0.230 e. The van der Waals surface area contributed by atoms with E-state index in [2.05, 4.69) is 13.0 Å². The maximum Gasteiger partial charge on any atom is 0.230 e. The number of amides is 1. The Bertz CT molecular complexity index is 372. The molecule has 1 aliphatic heterocycles. The molecule has 0 spiro atoms. The number of hydrogen-bond acceptors (Lipinski definition) is 1. The number of para-hydroxylation sites is 1. The summed E-state index contributed by atoms with van der Waals surface area (Å²) in [5.41, 5.74) is 2.34. The molecular formula is C12H15NO. The van der Waals surface area contributed by atoms with Gasteiger partial charge in [0.2, 0.25) is 5.91 Å². The molecule has 0 unspecified atom stereocenters. The Morgan fingerprint density at radius 1 is 1.14 bits per heavy atom. The van der Waals surface area contributed by atoms with E-state index in [9.17, 15) is 4.79 Å². The molecule has 74 valence electrons. The van der Waals surface area contributed by atoms with Crippen molar-refractivity contribution in [1.29, 1.82) is 0 Å². The van der Waals surface area contributed by atoms with E-state index in [-0.39, 0.29) is 11.8 Å². The van der Waals surface area contributed by atoms with Gasteiger partial charge in [-0.25, -0.2) is 0 Å². The van der Waals surface area contributed by atoms with Gasteiger partial charge in [-0.3, -0.25) is 4.79 Å². The molecule has 0 saturated carbocycles. The number of carbonyl (C=O) groups is 1. The molecule has 2 atom stereocenters. The van der Waals surface area contributed by atoms with E-state index in [4.69, 9.17) is 0 Å². The minimum absolute atomic E-state index is 0.0925. The van der Waals surface area contributed by atoms with Crippen LogP contribution in [0.25, 0.3) is 0 Å². The Morgan fingerprint density at radius 3 is 2.50 bits per heavy atom. The van der Waals surface area contributed by atoms with Gasteiger partial charge in [0.1, 0.15) is 0 Å². The number of hydrogen-bond donors (Lipinski definition) is 0. The van der Waals surface area contributed by atoms with Gasteiger partial charge in [-0.05, 0) is 17.5 Å². The number of carbonyl (C=O) groups excluding carboxylic acids is 1. The van der Waals surface area contributed by atoms with E-state index < -0.39 is 0 Å². The zero-order valence-corrected chi connectivity index (χ0v) is 8.82. The van der Waals surface area contributed by atoms with Crippen LogP contribution in [0.3, 0.4) is 0 Å². The second kappa shape index (κ2) is 3.12. The summed E-state index contributed by atoms with van der Waals surface area (Å²) in [6.45, 7) is 4.12. The highest BCUT2D eigenvalue weighted by atomic mass is 16.2. The number of benzene rings is 1. The highest BCUT2D eigenvalue weighted by molar-refractivity contribution is 5.98. The van der Waals surface area contributed by atoms with E-state index in [0.717, 1.165) is 5.69 Å². The van der Waals surface area contributed by atoms with Gasteiger partial charge in [-0.1, -0.05) is 32.0 Å². The summed E-state index contributed by atoms with van der Waals surface area (Å²) in [6, 6.07) is 8.13. The maximum absolute atomic E-state index is 11.8. The van der Waals surface area contributed by atoms with Gasteiger partial charge in [0.15, 0.2) is 0 Å². The van der Waals surface area contributed by atoms with Crippen LogP contribution in [0, 0.1) is 5.92 Å². The second-order valence-electron chi connectivity index (χ2n) is 4.03. The summed E-state index contributed by atoms with van der Waals surface area (Å²) in [5.74, 6) is 0.640. The summed E-state index contributed by atoms with van der Waals surface area (Å²) in [5, 5.41) is 0. The monoisotopic (exact) mass is 189 g/mol. The van der Waals surface area contributed by atoms with E-state index in [1.165, 1.54) is 5.56 Å². The first-order chi connectivity index (χ1) is 6.63. The van der Waals surface area contributed by atoms with Crippen LogP contribution in [0.5, 0.6) is 0 Å². The van der Waals surface area contributed by atoms with E-state index in [0.29, 0.717) is 5.92 Å². The minimum atomic E-state index is 0.0925. The fraction of sp³-hybridized carbons (Fsp3) is 0.417. The van der Waals surface area contributed by atoms with Crippen LogP contribution in [-0.4, -0.2) is 13.0 Å². The quantitative estimate of drug-likeness (QED) is 0.613. The molecule has 1 aromatic rings. The lowest BCUT2D eigenvalue weighted by Gasteiger charge is -2.34. The third kappa shape index (κ3) is 1.14. The standard InChI is InChI=1S/C12H15NO/c1-8-9(2)12(14)13(3)11-7-5-4-6-10(8)11/h4-9H,1-3H3/t8-,9-/m1/s1. The molecule has 2 rings (SSSR count). The first-order valence-corrected chi connectivity index (χ1v) is 4.99. The highest BCUT2D eigenvalue weighted by Crippen LogP contribution is 2.37. The molecule has 2 nitrogen and oxygen atoms in total. The van der Waals surface area contributed by atoms with Gasteiger partial charge in [0.05, 0.1) is 0 Å². The molecule has 14 heavy (non-hydrogen) atoms. The number of fused-ring (bicyclic) bond motifs is 1. The fourth-order valence-corrected chi connectivity index (χ4v) is 2.09. The Morgan fingerprint density at radius 2 is 1.79 bits per heavy atom. The zero-order chi connectivity index (χ0) is 10.3. The van der Waals surface area contributed by atoms with Gasteiger partial charge in [0.25, 0.3) is 0 Å². The van der Waals surface area contributed by atoms with Crippen LogP contribution in [0.2, 0.25) is 0 Å². The van der Waals surface area contributed by atoms with Crippen LogP contribution in [-0.2, 0) is 4.79 Å². The molecular weight excluding hydrogens is 174 g/mol. The Labute approximate surface area is 84.5 Å². The lowest BCUT2D eigenvalue weighted by molar-refractivity contribution is -0.122. The average Bonchev–Trinajstić information content (AvgIpc) is 2.23. The molecule has 1 heterocycles. The van der Waals surface area contributed by atoms with Gasteiger partial charge >= 0.3 is 0 Å². The third-order valence-electron chi connectivity index (χ3n) is 3.26. The van der Waals surface area contributed by atoms with Crippen molar-refractivity contribution >= 4 is 11.6 Å². The van der Waals surface area contributed by atoms with Gasteiger partial charge in [0, 0.05) is 18.7 Å². The summed E-state index contributed by atoms with van der Waals surface area (Å²) in [6.07, 6.45) is 0. The molecule has 1 aromatic carbocycles. The lowest BCUT2D eigenvalue weighted by Crippen LogP contribution is -2.38. The van der Waals surface area contributed by atoms with Gasteiger partial charge in [-0.15, -0.1) is 0 Å². The Kier molecular flexibility index (Phi) is 2.06. The summed E-state index contributed by atoms with van der Waals surface area (Å²) in [4.78, 5) is 13.6. The van der Waals surface area contributed by atoms with Crippen molar-refractivity contribution in [1.82, 2.24) is 0 Å². The maximum atomic E-state index is 11.8. The Balaban J connectivity index is 2.56. The van der Waals surface area contributed by atoms with Crippen molar-refractivity contribution in [2.24, 2.45) is 5.92 Å². The molecule has 0 N–H and O–H groups in total. The molecule has 0 saturated heterocycles. The van der Waals surface area contributed by atoms with Crippen molar-refractivity contribution in [2.45, 2.75) is 19.8 Å². The Hall–Kier alpha value is -1.31. The zero-order valence-electron chi connectivity index (χ0n) is 8.82. The first-order valence-electron chi connectivity index (χ1n) is 4.99. The topological polar surface area (TPSA) is 20.3 Å². The second-order valence-corrected chi connectivity index (χ2v) is 4.03. The van der Waals surface area contributed by atoms with Crippen LogP contribution in [0.4, 0.5) is 5.69 Å². The SMILES string of the molecule is C[C@H]1C(=O)N(C)c2ccccc2[C@@H]1C. The van der Waals surface area contributed by atoms with Crippen LogP contribution < -0.4 is 4.90 Å². The molecule has 1 aliphatic rings. The van der Waals surface area contributed by atoms with Crippen molar-refractivity contribution in [3.8, 4) is 0 Å². The molecule has 1 amide bonds. The number of anilines is 1. The van der Waals surface area contributed by atoms with Crippen LogP contribution in [0.1, 0.15) is 25.3 Å². The van der Waals surface area contributed by atoms with Crippen molar-refractivity contribution in [3.63, 3.8) is 0 Å². The van der Waals surface area contributed by atoms with E-state index >= 15 is 0 Å². The lowest BCUT2D eigenvalue weighted by atomic mass is 9.83. The normalized spacial score (nSPS) is 26.2. The van der Waals surface area contributed by atoms with Crippen molar-refractivity contribution in [2.75, 3.05) is 11.9 Å². The van der Waals surface area contributed by atoms with Gasteiger partial charge in [-0.2, -0.15) is 0 Å². The molecule has 0 aromatic heterocycles. The van der Waals surface area contributed by atoms with Crippen molar-refractivity contribution < 1.29 is 4.79 Å². The van der Waals surface area contributed by atoms with Crippen LogP contribution in [0.15, 0.2) is 24.3 Å². The number of rotatable bonds is 0. The fourth-order valence-electron chi connectivity index (χ4n) is 2.09. The number of nitrogens with zero attached hydrogens (tertiary/aromatic N) is 1. The highest BCUT2D eigenvalue weighted by Gasteiger charge is 2.32. The molecule has 0 aliphatic carbocycles. The van der Waals surface area contributed by atoms with E-state index in [1.807, 2.05) is 32.2 Å². The third-order valence-corrected chi connectivity index (χ3v) is 3.26. The molecule has 0 radical (unpaired) electrons. The van der Waals surface area contributed by atoms with Crippen molar-refractivity contribution in [3.05, 3.63) is 29.8 Å². The minimum Gasteiger partial charge on any atom is -0.315 e.